The van der Waals surface area contributed by atoms with Gasteiger partial charge in [0.15, 0.2) is 0 Å². The molecule has 35 nitrogen and oxygen atoms in total. The van der Waals surface area contributed by atoms with Crippen molar-refractivity contribution in [1.82, 2.24) is 121 Å². The Bertz CT molecular complexity index is 8540. The molecule has 142 heavy (non-hydrogen) atoms. The summed E-state index contributed by atoms with van der Waals surface area (Å²) in [6.45, 7) is 29.0. The fourth-order valence-electron chi connectivity index (χ4n) is 19.5. The summed E-state index contributed by atoms with van der Waals surface area (Å²) in [7, 11) is 5.74. The number of benzene rings is 3. The van der Waals surface area contributed by atoms with Crippen LogP contribution in [0.3, 0.4) is 0 Å². The number of hydrogen-bond donors (Lipinski definition) is 5. The second-order valence-corrected chi connectivity index (χ2v) is 37.8. The molecule has 20 aromatic rings. The Kier molecular flexibility index (Phi) is 25.6. The van der Waals surface area contributed by atoms with Gasteiger partial charge in [-0.3, -0.25) is 70.0 Å². The van der Waals surface area contributed by atoms with Crippen molar-refractivity contribution in [3.63, 3.8) is 0 Å². The molecule has 1 atom stereocenters. The van der Waals surface area contributed by atoms with Crippen molar-refractivity contribution in [2.75, 3.05) is 93.2 Å². The minimum atomic E-state index is -0.190. The molecule has 35 heteroatoms. The van der Waals surface area contributed by atoms with Gasteiger partial charge in [0.25, 0.3) is 27.8 Å². The van der Waals surface area contributed by atoms with Crippen LogP contribution < -0.4 is 69.9 Å². The molecule has 0 spiro atoms. The SMILES string of the molecule is CCc1nc(C)cn2nc(-c3cc(=O)n4cc(N5CCC(C)(N)CC5)ccc4n3)cc12.Cc1cc(-c2cc(=O)n3cc(C4CCNCC4)ccc3n2)cc2cn(C)nc12.Cc1cc(-c2cc(=O)n3cc(N4CCNCC4)ccc3n2)cc2cn(C)nc12.Cc1cc(-c2cc(=O)n3cc(N4CCN[C@H](C)C4)ccc3n2)cc2cn(C)nc12.Cc1cn2nc(-c3cc(=O)n4cc(C#CCN)ccc4n3)cc2c(C)n1. The zero-order valence-corrected chi connectivity index (χ0v) is 81.6. The van der Waals surface area contributed by atoms with E-state index in [1.807, 2.05) is 216 Å². The highest BCUT2D eigenvalue weighted by atomic mass is 16.1. The van der Waals surface area contributed by atoms with E-state index in [-0.39, 0.29) is 39.9 Å². The molecule has 0 amide bonds. The number of fused-ring (bicyclic) bond motifs is 10. The number of pyridine rings is 5. The highest BCUT2D eigenvalue weighted by Crippen LogP contribution is 2.34. The van der Waals surface area contributed by atoms with Crippen molar-refractivity contribution >= 4 is 89.0 Å². The minimum absolute atomic E-state index is 0.0419. The lowest BCUT2D eigenvalue weighted by atomic mass is 9.91. The Morgan fingerprint density at radius 1 is 0.408 bits per heavy atom. The van der Waals surface area contributed by atoms with Gasteiger partial charge < -0.3 is 42.1 Å². The summed E-state index contributed by atoms with van der Waals surface area (Å²) in [6.07, 6.45) is 23.9. The second kappa shape index (κ2) is 38.9. The molecular formula is C107H112N30O5. The second-order valence-electron chi connectivity index (χ2n) is 37.8. The van der Waals surface area contributed by atoms with E-state index in [9.17, 15) is 24.0 Å². The highest BCUT2D eigenvalue weighted by Gasteiger charge is 2.28. The zero-order chi connectivity index (χ0) is 98.6. The zero-order valence-electron chi connectivity index (χ0n) is 81.6. The average molecular weight is 1900 g/mol. The van der Waals surface area contributed by atoms with Gasteiger partial charge in [-0.1, -0.05) is 24.8 Å². The number of rotatable bonds is 10. The number of nitrogens with zero attached hydrogens (tertiary/aromatic N) is 25. The summed E-state index contributed by atoms with van der Waals surface area (Å²) in [6, 6.07) is 44.0. The van der Waals surface area contributed by atoms with E-state index < -0.39 is 0 Å². The van der Waals surface area contributed by atoms with Gasteiger partial charge in [0, 0.05) is 210 Å². The first-order chi connectivity index (χ1) is 68.5. The first kappa shape index (κ1) is 93.5. The number of nitrogens with two attached hydrogens (primary N) is 2. The van der Waals surface area contributed by atoms with Crippen molar-refractivity contribution < 1.29 is 0 Å². The number of aromatic nitrogens is 22. The molecule has 3 aromatic carbocycles. The van der Waals surface area contributed by atoms with E-state index in [2.05, 4.69) is 128 Å². The molecule has 4 saturated heterocycles. The molecule has 0 unspecified atom stereocenters. The van der Waals surface area contributed by atoms with Crippen LogP contribution in [-0.4, -0.2) is 196 Å². The Hall–Kier alpha value is -16.1. The molecule has 4 fully saturated rings. The van der Waals surface area contributed by atoms with E-state index in [0.717, 1.165) is 221 Å². The highest BCUT2D eigenvalue weighted by molar-refractivity contribution is 5.89. The lowest BCUT2D eigenvalue weighted by Crippen LogP contribution is -2.49. The Morgan fingerprint density at radius 2 is 0.810 bits per heavy atom. The van der Waals surface area contributed by atoms with E-state index in [1.54, 1.807) is 58.6 Å². The fourth-order valence-corrected chi connectivity index (χ4v) is 19.5. The van der Waals surface area contributed by atoms with Gasteiger partial charge >= 0.3 is 0 Å². The Labute approximate surface area is 815 Å². The molecule has 0 saturated carbocycles. The standard InChI is InChI=1S/C23H27N7O.C22H24N6O.C22H23N5O.C21H22N6O.C19H16N6O/c1-4-17-20-11-19(27-30(20)13-15(2)25-17)18-12-22(31)29-14-16(5-6-21(29)26-18)28-9-7-23(3,24)8-10-28;1-14-8-16(9-17-12-26(3)25-22(14)17)19-10-21(29)28-13-18(4-5-20(28)24-19)27-7-6-23-15(2)11-27;1-14-9-17(10-18-12-26(2)25-22(14)18)19-11-21(28)27-13-16(3-4-20(27)24-19)15-5-7-23-8-6-15;1-14-9-15(10-16-12-25(2)24-21(14)16)18-11-20(28)27-13-17(3-4-19(27)23-18)26-7-5-22-6-8-26;1-12-10-25-17(13(2)21-12)8-16(23-25)15-9-19(26)24-11-14(4-3-7-20)5-6-18(24)22-15/h5-6,11-14H,4,7-10,24H2,1-3H3;4-5,8-10,12-13,15,23H,6-7,11H2,1-3H3;3-4,9-13,15,23H,5-8H2,1-2H3;3-4,9-13,22H,5-8H2,1-2H3;5-6,8-11H,7,20H2,1-2H3/t;15-;;;/m.1.../s1. The maximum absolute atomic E-state index is 12.9. The maximum atomic E-state index is 12.9. The van der Waals surface area contributed by atoms with Crippen LogP contribution in [-0.2, 0) is 27.6 Å². The van der Waals surface area contributed by atoms with Gasteiger partial charge in [0.05, 0.1) is 115 Å². The first-order valence-corrected chi connectivity index (χ1v) is 48.1. The summed E-state index contributed by atoms with van der Waals surface area (Å²) in [5, 5.41) is 36.0. The number of aryl methyl sites for hydroxylation is 10. The molecule has 0 aliphatic carbocycles. The molecule has 17 aromatic heterocycles. The fraction of sp³-hybridized carbons (Fsp3) is 0.299. The van der Waals surface area contributed by atoms with Crippen LogP contribution in [0.25, 0.3) is 129 Å². The van der Waals surface area contributed by atoms with E-state index >= 15 is 0 Å². The van der Waals surface area contributed by atoms with Crippen molar-refractivity contribution in [3.8, 4) is 68.4 Å². The molecule has 24 rings (SSSR count). The molecule has 4 aliphatic rings. The molecule has 21 heterocycles. The van der Waals surface area contributed by atoms with Gasteiger partial charge in [-0.15, -0.1) is 0 Å². The van der Waals surface area contributed by atoms with Crippen molar-refractivity contribution in [1.29, 1.82) is 0 Å². The molecule has 0 bridgehead atoms. The molecule has 7 N–H and O–H groups in total. The molecule has 720 valence electrons. The van der Waals surface area contributed by atoms with Crippen LogP contribution in [0.4, 0.5) is 17.1 Å². The van der Waals surface area contributed by atoms with Gasteiger partial charge in [0.1, 0.15) is 39.6 Å². The van der Waals surface area contributed by atoms with Crippen LogP contribution >= 0.6 is 0 Å². The van der Waals surface area contributed by atoms with Gasteiger partial charge in [-0.25, -0.2) is 34.0 Å². The lowest BCUT2D eigenvalue weighted by molar-refractivity contribution is 0.364. The quantitative estimate of drug-likeness (QED) is 0.0794. The molecular weight excluding hydrogens is 1790 g/mol. The van der Waals surface area contributed by atoms with Crippen LogP contribution in [0.15, 0.2) is 225 Å². The number of anilines is 3. The van der Waals surface area contributed by atoms with Crippen LogP contribution in [0.2, 0.25) is 0 Å². The summed E-state index contributed by atoms with van der Waals surface area (Å²) in [5.74, 6) is 6.20. The number of nitrogens with one attached hydrogen (secondary N) is 3. The van der Waals surface area contributed by atoms with Gasteiger partial charge in [-0.05, 0) is 232 Å². The summed E-state index contributed by atoms with van der Waals surface area (Å²) in [4.78, 5) is 104. The van der Waals surface area contributed by atoms with Crippen molar-refractivity contribution in [2.45, 2.75) is 112 Å². The van der Waals surface area contributed by atoms with E-state index in [4.69, 9.17) is 31.4 Å². The van der Waals surface area contributed by atoms with Crippen molar-refractivity contribution in [2.24, 2.45) is 32.6 Å². The monoisotopic (exact) mass is 1900 g/mol. The normalized spacial score (nSPS) is 15.1. The number of hydrogen-bond acceptors (Lipinski definition) is 25. The average Bonchev–Trinajstić information content (AvgIpc) is 0.973. The Morgan fingerprint density at radius 3 is 1.28 bits per heavy atom. The van der Waals surface area contributed by atoms with Crippen LogP contribution in [0.5, 0.6) is 0 Å². The maximum Gasteiger partial charge on any atom is 0.258 e. The summed E-state index contributed by atoms with van der Waals surface area (Å²) in [5.41, 5.74) is 38.2. The smallest absolute Gasteiger partial charge is 0.258 e. The van der Waals surface area contributed by atoms with E-state index in [0.29, 0.717) is 85.6 Å². The summed E-state index contributed by atoms with van der Waals surface area (Å²) >= 11 is 0. The first-order valence-electron chi connectivity index (χ1n) is 48.1. The molecule has 0 radical (unpaired) electrons. The van der Waals surface area contributed by atoms with Gasteiger partial charge in [-0.2, -0.15) is 25.5 Å². The van der Waals surface area contributed by atoms with E-state index in [1.165, 1.54) is 16.0 Å². The largest absolute Gasteiger partial charge is 0.370 e. The van der Waals surface area contributed by atoms with Gasteiger partial charge in [0.2, 0.25) is 0 Å². The predicted molar refractivity (Wildman–Crippen MR) is 558 cm³/mol. The number of piperidine rings is 2. The summed E-state index contributed by atoms with van der Waals surface area (Å²) < 4.78 is 17.0. The third-order valence-electron chi connectivity index (χ3n) is 26.8. The minimum Gasteiger partial charge on any atom is -0.370 e. The topological polar surface area (TPSA) is 384 Å². The van der Waals surface area contributed by atoms with Crippen LogP contribution in [0.1, 0.15) is 103 Å². The third-order valence-corrected chi connectivity index (χ3v) is 26.8. The number of piperazine rings is 2. The Balaban J connectivity index is 0.000000109. The lowest BCUT2D eigenvalue weighted by Gasteiger charge is -2.38. The third kappa shape index (κ3) is 19.6. The van der Waals surface area contributed by atoms with Crippen molar-refractivity contribution in [3.05, 3.63) is 304 Å². The molecule has 4 aliphatic heterocycles. The predicted octanol–water partition coefficient (Wildman–Crippen LogP) is 11.3. The van der Waals surface area contributed by atoms with Crippen LogP contribution in [0, 0.1) is 53.4 Å².